The monoisotopic (exact) mass is 298 g/mol. The van der Waals surface area contributed by atoms with Crippen molar-refractivity contribution in [2.24, 2.45) is 0 Å². The maximum Gasteiger partial charge on any atom is 0.304 e. The standard InChI is InChI=1S/C14H18O5S/c1-2-3-4-13(15)11-5-7-12(8-6-11)20(18,19)10-9-14(16)17/h5-8H,2-4,9-10H2,1H3,(H,16,17). The van der Waals surface area contributed by atoms with Gasteiger partial charge in [-0.3, -0.25) is 9.59 Å². The first-order valence-electron chi connectivity index (χ1n) is 6.44. The van der Waals surface area contributed by atoms with Crippen LogP contribution in [0, 0.1) is 0 Å². The Morgan fingerprint density at radius 2 is 1.70 bits per heavy atom. The Bertz CT molecular complexity index is 572. The van der Waals surface area contributed by atoms with Crippen molar-refractivity contribution in [1.82, 2.24) is 0 Å². The molecule has 0 saturated carbocycles. The average molecular weight is 298 g/mol. The highest BCUT2D eigenvalue weighted by Crippen LogP contribution is 2.15. The smallest absolute Gasteiger partial charge is 0.304 e. The number of unbranched alkanes of at least 4 members (excludes halogenated alkanes) is 1. The lowest BCUT2D eigenvalue weighted by Gasteiger charge is -2.04. The summed E-state index contributed by atoms with van der Waals surface area (Å²) in [6.45, 7) is 1.99. The molecule has 0 saturated heterocycles. The number of carboxylic acids is 1. The van der Waals surface area contributed by atoms with Crippen LogP contribution in [0.1, 0.15) is 43.0 Å². The Morgan fingerprint density at radius 1 is 1.10 bits per heavy atom. The molecular weight excluding hydrogens is 280 g/mol. The van der Waals surface area contributed by atoms with E-state index in [1.807, 2.05) is 6.92 Å². The fraction of sp³-hybridized carbons (Fsp3) is 0.429. The van der Waals surface area contributed by atoms with Gasteiger partial charge in [0.05, 0.1) is 17.1 Å². The number of hydrogen-bond acceptors (Lipinski definition) is 4. The van der Waals surface area contributed by atoms with Crippen LogP contribution in [0.2, 0.25) is 0 Å². The SMILES string of the molecule is CCCCC(=O)c1ccc(S(=O)(=O)CCC(=O)O)cc1. The van der Waals surface area contributed by atoms with Gasteiger partial charge in [-0.05, 0) is 18.6 Å². The second-order valence-corrected chi connectivity index (χ2v) is 6.62. The van der Waals surface area contributed by atoms with Crippen molar-refractivity contribution in [2.45, 2.75) is 37.5 Å². The number of carbonyl (C=O) groups excluding carboxylic acids is 1. The molecule has 6 heteroatoms. The number of sulfone groups is 1. The number of benzene rings is 1. The topological polar surface area (TPSA) is 88.5 Å². The van der Waals surface area contributed by atoms with Crippen molar-refractivity contribution in [2.75, 3.05) is 5.75 Å². The van der Waals surface area contributed by atoms with Crippen LogP contribution in [0.5, 0.6) is 0 Å². The summed E-state index contributed by atoms with van der Waals surface area (Å²) in [5, 5.41) is 8.51. The lowest BCUT2D eigenvalue weighted by molar-refractivity contribution is -0.136. The zero-order chi connectivity index (χ0) is 15.2. The molecule has 0 aliphatic heterocycles. The summed E-state index contributed by atoms with van der Waals surface area (Å²) in [6, 6.07) is 5.67. The van der Waals surface area contributed by atoms with E-state index < -0.39 is 28.0 Å². The summed E-state index contributed by atoms with van der Waals surface area (Å²) < 4.78 is 23.7. The Kier molecular flexibility index (Phi) is 5.88. The predicted octanol–water partition coefficient (Wildman–Crippen LogP) is 2.31. The molecule has 0 heterocycles. The van der Waals surface area contributed by atoms with Crippen LogP contribution in [-0.2, 0) is 14.6 Å². The Labute approximate surface area is 118 Å². The molecule has 1 aromatic carbocycles. The van der Waals surface area contributed by atoms with E-state index in [9.17, 15) is 18.0 Å². The van der Waals surface area contributed by atoms with Gasteiger partial charge in [-0.1, -0.05) is 25.5 Å². The largest absolute Gasteiger partial charge is 0.481 e. The van der Waals surface area contributed by atoms with Crippen LogP contribution >= 0.6 is 0 Å². The third kappa shape index (κ3) is 4.77. The minimum atomic E-state index is -3.61. The van der Waals surface area contributed by atoms with Gasteiger partial charge in [0.25, 0.3) is 0 Å². The molecule has 5 nitrogen and oxygen atoms in total. The van der Waals surface area contributed by atoms with Crippen LogP contribution in [0.3, 0.4) is 0 Å². The second kappa shape index (κ2) is 7.19. The second-order valence-electron chi connectivity index (χ2n) is 4.51. The lowest BCUT2D eigenvalue weighted by atomic mass is 10.1. The number of carboxylic acid groups (broad SMARTS) is 1. The van der Waals surface area contributed by atoms with Gasteiger partial charge in [0.2, 0.25) is 0 Å². The summed E-state index contributed by atoms with van der Waals surface area (Å²) in [5.41, 5.74) is 0.482. The predicted molar refractivity (Wildman–Crippen MR) is 74.6 cm³/mol. The van der Waals surface area contributed by atoms with E-state index in [1.165, 1.54) is 24.3 Å². The summed E-state index contributed by atoms with van der Waals surface area (Å²) in [7, 11) is -3.61. The number of ketones is 1. The van der Waals surface area contributed by atoms with Crippen molar-refractivity contribution in [3.8, 4) is 0 Å². The first-order chi connectivity index (χ1) is 9.36. The summed E-state index contributed by atoms with van der Waals surface area (Å²) in [6.07, 6.45) is 1.74. The Morgan fingerprint density at radius 3 is 2.20 bits per heavy atom. The van der Waals surface area contributed by atoms with Gasteiger partial charge >= 0.3 is 5.97 Å². The summed E-state index contributed by atoms with van der Waals surface area (Å²) in [5.74, 6) is -1.60. The van der Waals surface area contributed by atoms with Crippen LogP contribution in [0.15, 0.2) is 29.2 Å². The van der Waals surface area contributed by atoms with E-state index in [0.717, 1.165) is 12.8 Å². The van der Waals surface area contributed by atoms with Crippen LogP contribution in [0.4, 0.5) is 0 Å². The molecule has 1 aromatic rings. The van der Waals surface area contributed by atoms with Crippen molar-refractivity contribution in [1.29, 1.82) is 0 Å². The molecule has 0 unspecified atom stereocenters. The number of Topliss-reactive ketones (excluding diaryl/α,β-unsaturated/α-hetero) is 1. The van der Waals surface area contributed by atoms with Gasteiger partial charge in [-0.15, -0.1) is 0 Å². The third-order valence-corrected chi connectivity index (χ3v) is 4.61. The minimum absolute atomic E-state index is 0.0127. The van der Waals surface area contributed by atoms with Crippen molar-refractivity contribution >= 4 is 21.6 Å². The van der Waals surface area contributed by atoms with Crippen LogP contribution in [-0.4, -0.2) is 31.0 Å². The van der Waals surface area contributed by atoms with Crippen molar-refractivity contribution in [3.05, 3.63) is 29.8 Å². The molecule has 0 aliphatic carbocycles. The van der Waals surface area contributed by atoms with E-state index in [0.29, 0.717) is 12.0 Å². The quantitative estimate of drug-likeness (QED) is 0.744. The van der Waals surface area contributed by atoms with Gasteiger partial charge in [-0.25, -0.2) is 8.42 Å². The molecule has 0 aliphatic rings. The average Bonchev–Trinajstić information content (AvgIpc) is 2.43. The Balaban J connectivity index is 2.80. The van der Waals surface area contributed by atoms with E-state index >= 15 is 0 Å². The van der Waals surface area contributed by atoms with Crippen LogP contribution < -0.4 is 0 Å². The van der Waals surface area contributed by atoms with E-state index in [-0.39, 0.29) is 10.7 Å². The molecule has 20 heavy (non-hydrogen) atoms. The Hall–Kier alpha value is -1.69. The number of hydrogen-bond donors (Lipinski definition) is 1. The highest BCUT2D eigenvalue weighted by atomic mass is 32.2. The summed E-state index contributed by atoms with van der Waals surface area (Å²) in [4.78, 5) is 22.2. The zero-order valence-electron chi connectivity index (χ0n) is 11.3. The minimum Gasteiger partial charge on any atom is -0.481 e. The first kappa shape index (κ1) is 16.4. The zero-order valence-corrected chi connectivity index (χ0v) is 12.1. The van der Waals surface area contributed by atoms with Gasteiger partial charge in [-0.2, -0.15) is 0 Å². The molecule has 0 aromatic heterocycles. The van der Waals surface area contributed by atoms with Crippen LogP contribution in [0.25, 0.3) is 0 Å². The molecule has 0 fully saturated rings. The molecule has 0 atom stereocenters. The van der Waals surface area contributed by atoms with Crippen molar-refractivity contribution in [3.63, 3.8) is 0 Å². The lowest BCUT2D eigenvalue weighted by Crippen LogP contribution is -2.11. The van der Waals surface area contributed by atoms with E-state index in [1.54, 1.807) is 0 Å². The molecular formula is C14H18O5S. The molecule has 0 spiro atoms. The van der Waals surface area contributed by atoms with Crippen molar-refractivity contribution < 1.29 is 23.1 Å². The fourth-order valence-electron chi connectivity index (χ4n) is 1.67. The number of aliphatic carboxylic acids is 1. The maximum absolute atomic E-state index is 11.8. The molecule has 110 valence electrons. The highest BCUT2D eigenvalue weighted by Gasteiger charge is 2.16. The molecule has 0 bridgehead atoms. The van der Waals surface area contributed by atoms with E-state index in [4.69, 9.17) is 5.11 Å². The third-order valence-electron chi connectivity index (χ3n) is 2.88. The maximum atomic E-state index is 11.8. The molecule has 0 amide bonds. The number of carbonyl (C=O) groups is 2. The highest BCUT2D eigenvalue weighted by molar-refractivity contribution is 7.91. The summed E-state index contributed by atoms with van der Waals surface area (Å²) >= 11 is 0. The normalized spacial score (nSPS) is 11.2. The van der Waals surface area contributed by atoms with Gasteiger partial charge in [0.15, 0.2) is 15.6 Å². The van der Waals surface area contributed by atoms with E-state index in [2.05, 4.69) is 0 Å². The van der Waals surface area contributed by atoms with Gasteiger partial charge < -0.3 is 5.11 Å². The molecule has 1 N–H and O–H groups in total. The molecule has 1 rings (SSSR count). The van der Waals surface area contributed by atoms with Gasteiger partial charge in [0, 0.05) is 12.0 Å². The molecule has 0 radical (unpaired) electrons. The fourth-order valence-corrected chi connectivity index (χ4v) is 2.90. The van der Waals surface area contributed by atoms with Gasteiger partial charge in [0.1, 0.15) is 0 Å². The first-order valence-corrected chi connectivity index (χ1v) is 8.10. The number of rotatable bonds is 8.